The summed E-state index contributed by atoms with van der Waals surface area (Å²) in [6.45, 7) is 3.62. The number of alkyl halides is 1. The molecule has 1 nitrogen and oxygen atoms in total. The van der Waals surface area contributed by atoms with Gasteiger partial charge in [-0.05, 0) is 32.2 Å². The van der Waals surface area contributed by atoms with Gasteiger partial charge in [-0.15, -0.1) is 0 Å². The van der Waals surface area contributed by atoms with Crippen molar-refractivity contribution in [3.8, 4) is 0 Å². The average molecular weight is 145 g/mol. The molecule has 1 saturated carbocycles. The third kappa shape index (κ3) is 1.94. The minimum Gasteiger partial charge on any atom is -0.314 e. The molecule has 0 bridgehead atoms. The van der Waals surface area contributed by atoms with Crippen molar-refractivity contribution in [3.63, 3.8) is 0 Å². The molecule has 0 aliphatic heterocycles. The number of nitrogens with one attached hydrogen (secondary N) is 1. The van der Waals surface area contributed by atoms with Crippen LogP contribution in [0.4, 0.5) is 4.39 Å². The molecule has 0 radical (unpaired) electrons. The van der Waals surface area contributed by atoms with E-state index in [2.05, 4.69) is 12.2 Å². The lowest BCUT2D eigenvalue weighted by Crippen LogP contribution is -2.42. The van der Waals surface area contributed by atoms with Crippen LogP contribution in [-0.2, 0) is 0 Å². The molecular weight excluding hydrogens is 129 g/mol. The van der Waals surface area contributed by atoms with Gasteiger partial charge in [0.05, 0.1) is 0 Å². The van der Waals surface area contributed by atoms with Crippen LogP contribution in [0.1, 0.15) is 32.6 Å². The van der Waals surface area contributed by atoms with Crippen LogP contribution in [0.2, 0.25) is 0 Å². The van der Waals surface area contributed by atoms with Crippen molar-refractivity contribution in [2.75, 3.05) is 13.1 Å². The molecule has 0 unspecified atom stereocenters. The van der Waals surface area contributed by atoms with E-state index < -0.39 is 5.67 Å². The van der Waals surface area contributed by atoms with Crippen LogP contribution in [0.15, 0.2) is 0 Å². The van der Waals surface area contributed by atoms with Crippen molar-refractivity contribution in [3.05, 3.63) is 0 Å². The van der Waals surface area contributed by atoms with Gasteiger partial charge in [-0.3, -0.25) is 0 Å². The number of halogens is 1. The third-order valence-corrected chi connectivity index (χ3v) is 2.12. The first-order chi connectivity index (χ1) is 4.77. The van der Waals surface area contributed by atoms with Crippen LogP contribution in [-0.4, -0.2) is 18.8 Å². The zero-order chi connectivity index (χ0) is 7.45. The normalized spacial score (nSPS) is 22.2. The monoisotopic (exact) mass is 145 g/mol. The molecule has 0 spiro atoms. The highest BCUT2D eigenvalue weighted by atomic mass is 19.1. The zero-order valence-corrected chi connectivity index (χ0v) is 6.62. The van der Waals surface area contributed by atoms with E-state index in [0.717, 1.165) is 32.2 Å². The van der Waals surface area contributed by atoms with Gasteiger partial charge in [-0.1, -0.05) is 6.92 Å². The third-order valence-electron chi connectivity index (χ3n) is 2.12. The van der Waals surface area contributed by atoms with Crippen LogP contribution in [0.5, 0.6) is 0 Å². The molecule has 10 heavy (non-hydrogen) atoms. The van der Waals surface area contributed by atoms with E-state index in [1.165, 1.54) is 0 Å². The Bertz CT molecular complexity index is 99.4. The van der Waals surface area contributed by atoms with Crippen LogP contribution < -0.4 is 5.32 Å². The highest BCUT2D eigenvalue weighted by molar-refractivity contribution is 4.89. The largest absolute Gasteiger partial charge is 0.314 e. The fourth-order valence-electron chi connectivity index (χ4n) is 1.23. The second kappa shape index (κ2) is 3.33. The molecule has 0 aromatic heterocycles. The van der Waals surface area contributed by atoms with E-state index in [4.69, 9.17) is 0 Å². The maximum absolute atomic E-state index is 13.2. The van der Waals surface area contributed by atoms with Crippen LogP contribution >= 0.6 is 0 Å². The van der Waals surface area contributed by atoms with Gasteiger partial charge in [0.2, 0.25) is 0 Å². The lowest BCUT2D eigenvalue weighted by atomic mass is 9.82. The molecule has 1 aliphatic carbocycles. The first-order valence-corrected chi connectivity index (χ1v) is 4.16. The predicted octanol–water partition coefficient (Wildman–Crippen LogP) is 1.88. The van der Waals surface area contributed by atoms with Gasteiger partial charge in [0, 0.05) is 6.54 Å². The summed E-state index contributed by atoms with van der Waals surface area (Å²) in [5, 5.41) is 3.10. The Morgan fingerprint density at radius 2 is 2.20 bits per heavy atom. The molecule has 1 rings (SSSR count). The topological polar surface area (TPSA) is 12.0 Å². The SMILES string of the molecule is CCCNCC1(F)CCC1. The van der Waals surface area contributed by atoms with Crippen molar-refractivity contribution >= 4 is 0 Å². The molecule has 1 N–H and O–H groups in total. The van der Waals surface area contributed by atoms with Gasteiger partial charge in [-0.25, -0.2) is 4.39 Å². The molecule has 1 aliphatic rings. The molecule has 0 amide bonds. The lowest BCUT2D eigenvalue weighted by molar-refractivity contribution is 0.0636. The number of hydrogen-bond donors (Lipinski definition) is 1. The summed E-state index contributed by atoms with van der Waals surface area (Å²) in [5.74, 6) is 0. The summed E-state index contributed by atoms with van der Waals surface area (Å²) in [6, 6.07) is 0. The Balaban J connectivity index is 2.01. The van der Waals surface area contributed by atoms with E-state index in [0.29, 0.717) is 6.54 Å². The molecule has 0 atom stereocenters. The van der Waals surface area contributed by atoms with Crippen molar-refractivity contribution in [1.82, 2.24) is 5.32 Å². The molecule has 1 fully saturated rings. The summed E-state index contributed by atoms with van der Waals surface area (Å²) in [4.78, 5) is 0. The lowest BCUT2D eigenvalue weighted by Gasteiger charge is -2.33. The van der Waals surface area contributed by atoms with Gasteiger partial charge in [0.25, 0.3) is 0 Å². The number of hydrogen-bond acceptors (Lipinski definition) is 1. The Labute approximate surface area is 62.0 Å². The second-order valence-corrected chi connectivity index (χ2v) is 3.18. The Morgan fingerprint density at radius 3 is 2.60 bits per heavy atom. The van der Waals surface area contributed by atoms with Gasteiger partial charge < -0.3 is 5.32 Å². The minimum absolute atomic E-state index is 0.570. The minimum atomic E-state index is -0.838. The zero-order valence-electron chi connectivity index (χ0n) is 6.62. The molecule has 0 heterocycles. The van der Waals surface area contributed by atoms with Gasteiger partial charge >= 0.3 is 0 Å². The maximum atomic E-state index is 13.2. The van der Waals surface area contributed by atoms with Crippen LogP contribution in [0.25, 0.3) is 0 Å². The van der Waals surface area contributed by atoms with E-state index in [9.17, 15) is 4.39 Å². The Hall–Kier alpha value is -0.110. The Kier molecular flexibility index (Phi) is 2.66. The summed E-state index contributed by atoms with van der Waals surface area (Å²) in [5.41, 5.74) is -0.838. The fourth-order valence-corrected chi connectivity index (χ4v) is 1.23. The first kappa shape index (κ1) is 7.99. The number of rotatable bonds is 4. The van der Waals surface area contributed by atoms with Gasteiger partial charge in [0.1, 0.15) is 5.67 Å². The summed E-state index contributed by atoms with van der Waals surface area (Å²) >= 11 is 0. The van der Waals surface area contributed by atoms with Crippen molar-refractivity contribution in [2.24, 2.45) is 0 Å². The molecule has 0 aromatic rings. The first-order valence-electron chi connectivity index (χ1n) is 4.16. The van der Waals surface area contributed by atoms with Gasteiger partial charge in [-0.2, -0.15) is 0 Å². The van der Waals surface area contributed by atoms with E-state index in [-0.39, 0.29) is 0 Å². The van der Waals surface area contributed by atoms with Crippen molar-refractivity contribution < 1.29 is 4.39 Å². The molecule has 2 heteroatoms. The van der Waals surface area contributed by atoms with Gasteiger partial charge in [0.15, 0.2) is 0 Å². The van der Waals surface area contributed by atoms with Crippen molar-refractivity contribution in [1.29, 1.82) is 0 Å². The smallest absolute Gasteiger partial charge is 0.123 e. The van der Waals surface area contributed by atoms with E-state index >= 15 is 0 Å². The Morgan fingerprint density at radius 1 is 1.50 bits per heavy atom. The molecule has 0 aromatic carbocycles. The molecule has 60 valence electrons. The average Bonchev–Trinajstić information content (AvgIpc) is 1.85. The summed E-state index contributed by atoms with van der Waals surface area (Å²) < 4.78 is 13.2. The van der Waals surface area contributed by atoms with Crippen molar-refractivity contribution in [2.45, 2.75) is 38.3 Å². The molecule has 0 saturated heterocycles. The second-order valence-electron chi connectivity index (χ2n) is 3.18. The summed E-state index contributed by atoms with van der Waals surface area (Å²) in [7, 11) is 0. The standard InChI is InChI=1S/C8H16FN/c1-2-6-10-7-8(9)4-3-5-8/h10H,2-7H2,1H3. The van der Waals surface area contributed by atoms with Crippen LogP contribution in [0.3, 0.4) is 0 Å². The predicted molar refractivity (Wildman–Crippen MR) is 40.9 cm³/mol. The molecular formula is C8H16FN. The fraction of sp³-hybridized carbons (Fsp3) is 1.00. The van der Waals surface area contributed by atoms with Crippen LogP contribution in [0, 0.1) is 0 Å². The summed E-state index contributed by atoms with van der Waals surface area (Å²) in [6.07, 6.45) is 3.70. The van der Waals surface area contributed by atoms with E-state index in [1.54, 1.807) is 0 Å². The quantitative estimate of drug-likeness (QED) is 0.595. The maximum Gasteiger partial charge on any atom is 0.123 e. The van der Waals surface area contributed by atoms with E-state index in [1.807, 2.05) is 0 Å². The highest BCUT2D eigenvalue weighted by Crippen LogP contribution is 2.34. The highest BCUT2D eigenvalue weighted by Gasteiger charge is 2.35.